The van der Waals surface area contributed by atoms with E-state index in [0.29, 0.717) is 18.1 Å². The molecule has 0 fully saturated rings. The number of hydrogen-bond acceptors (Lipinski definition) is 6. The fraction of sp³-hybridized carbons (Fsp3) is 0.333. The third-order valence-corrected chi connectivity index (χ3v) is 3.91. The number of methoxy groups -OCH3 is 2. The number of benzene rings is 2. The maximum absolute atomic E-state index is 12.0. The highest BCUT2D eigenvalue weighted by Crippen LogP contribution is 2.30. The highest BCUT2D eigenvalue weighted by molar-refractivity contribution is 5.81. The number of ether oxygens (including phenoxy) is 4. The van der Waals surface area contributed by atoms with Gasteiger partial charge in [0.25, 0.3) is 5.91 Å². The summed E-state index contributed by atoms with van der Waals surface area (Å²) in [5, 5.41) is 2.70. The Labute approximate surface area is 164 Å². The first kappa shape index (κ1) is 21.1. The second-order valence-electron chi connectivity index (χ2n) is 5.84. The first-order chi connectivity index (χ1) is 13.6. The summed E-state index contributed by atoms with van der Waals surface area (Å²) in [6, 6.07) is 12.6. The van der Waals surface area contributed by atoms with Gasteiger partial charge in [0.05, 0.1) is 27.2 Å². The summed E-state index contributed by atoms with van der Waals surface area (Å²) in [4.78, 5) is 23.9. The normalized spacial score (nSPS) is 10.1. The molecule has 0 heterocycles. The predicted molar refractivity (Wildman–Crippen MR) is 104 cm³/mol. The molecule has 7 heteroatoms. The highest BCUT2D eigenvalue weighted by Gasteiger charge is 2.12. The van der Waals surface area contributed by atoms with E-state index in [1.54, 1.807) is 43.5 Å². The molecule has 0 aliphatic carbocycles. The van der Waals surface area contributed by atoms with Crippen molar-refractivity contribution in [3.8, 4) is 17.2 Å². The average Bonchev–Trinajstić information content (AvgIpc) is 2.71. The van der Waals surface area contributed by atoms with Gasteiger partial charge in [0.1, 0.15) is 5.75 Å². The molecule has 0 aromatic heterocycles. The Morgan fingerprint density at radius 1 is 1.00 bits per heavy atom. The number of nitrogens with one attached hydrogen (secondary N) is 1. The van der Waals surface area contributed by atoms with Gasteiger partial charge in [0.2, 0.25) is 0 Å². The van der Waals surface area contributed by atoms with Gasteiger partial charge >= 0.3 is 5.97 Å². The second-order valence-corrected chi connectivity index (χ2v) is 5.84. The maximum Gasteiger partial charge on any atom is 0.310 e. The van der Waals surface area contributed by atoms with Gasteiger partial charge in [-0.25, -0.2) is 0 Å². The van der Waals surface area contributed by atoms with Crippen LogP contribution in [0.25, 0.3) is 0 Å². The van der Waals surface area contributed by atoms with Crippen molar-refractivity contribution in [3.05, 3.63) is 53.6 Å². The van der Waals surface area contributed by atoms with Crippen LogP contribution in [-0.2, 0) is 27.3 Å². The Hall–Kier alpha value is -3.22. The molecule has 0 bridgehead atoms. The molecule has 28 heavy (non-hydrogen) atoms. The summed E-state index contributed by atoms with van der Waals surface area (Å²) >= 11 is 0. The van der Waals surface area contributed by atoms with E-state index < -0.39 is 11.9 Å². The molecule has 150 valence electrons. The Kier molecular flexibility index (Phi) is 8.14. The minimum atomic E-state index is -0.474. The first-order valence-electron chi connectivity index (χ1n) is 8.91. The van der Waals surface area contributed by atoms with E-state index in [1.807, 2.05) is 13.0 Å². The topological polar surface area (TPSA) is 83.1 Å². The number of hydrogen-bond donors (Lipinski definition) is 1. The molecule has 0 unspecified atom stereocenters. The van der Waals surface area contributed by atoms with Crippen molar-refractivity contribution >= 4 is 11.9 Å². The van der Waals surface area contributed by atoms with E-state index in [-0.39, 0.29) is 19.6 Å². The highest BCUT2D eigenvalue weighted by atomic mass is 16.5. The van der Waals surface area contributed by atoms with Gasteiger partial charge in [-0.3, -0.25) is 9.59 Å². The molecular weight excluding hydrogens is 362 g/mol. The molecule has 0 aliphatic heterocycles. The van der Waals surface area contributed by atoms with Crippen LogP contribution in [0.3, 0.4) is 0 Å². The summed E-state index contributed by atoms with van der Waals surface area (Å²) < 4.78 is 20.9. The zero-order valence-corrected chi connectivity index (χ0v) is 16.3. The fourth-order valence-corrected chi connectivity index (χ4v) is 2.57. The van der Waals surface area contributed by atoms with Crippen LogP contribution in [0.5, 0.6) is 17.2 Å². The molecule has 0 radical (unpaired) electrons. The molecule has 0 spiro atoms. The third kappa shape index (κ3) is 6.19. The van der Waals surface area contributed by atoms with Crippen LogP contribution in [0, 0.1) is 0 Å². The van der Waals surface area contributed by atoms with Gasteiger partial charge in [-0.1, -0.05) is 24.3 Å². The van der Waals surface area contributed by atoms with Crippen LogP contribution < -0.4 is 19.5 Å². The number of esters is 1. The lowest BCUT2D eigenvalue weighted by atomic mass is 10.1. The summed E-state index contributed by atoms with van der Waals surface area (Å²) in [6.45, 7) is 2.37. The van der Waals surface area contributed by atoms with Gasteiger partial charge in [-0.05, 0) is 30.7 Å². The number of rotatable bonds is 10. The zero-order valence-electron chi connectivity index (χ0n) is 16.3. The monoisotopic (exact) mass is 387 g/mol. The lowest BCUT2D eigenvalue weighted by Crippen LogP contribution is -2.28. The molecule has 0 aliphatic rings. The molecule has 2 aromatic rings. The molecule has 1 N–H and O–H groups in total. The number of carbonyl (C=O) groups is 2. The van der Waals surface area contributed by atoms with Crippen LogP contribution in [0.2, 0.25) is 0 Å². The van der Waals surface area contributed by atoms with Crippen LogP contribution in [0.4, 0.5) is 0 Å². The second kappa shape index (κ2) is 10.8. The van der Waals surface area contributed by atoms with Gasteiger partial charge in [0.15, 0.2) is 18.1 Å². The fourth-order valence-electron chi connectivity index (χ4n) is 2.57. The van der Waals surface area contributed by atoms with Gasteiger partial charge in [0, 0.05) is 12.1 Å². The minimum Gasteiger partial charge on any atom is -0.494 e. The molecule has 2 aromatic carbocycles. The summed E-state index contributed by atoms with van der Waals surface area (Å²) in [5.41, 5.74) is 1.55. The zero-order chi connectivity index (χ0) is 20.4. The largest absolute Gasteiger partial charge is 0.494 e. The average molecular weight is 387 g/mol. The smallest absolute Gasteiger partial charge is 0.310 e. The number of para-hydroxylation sites is 1. The third-order valence-electron chi connectivity index (χ3n) is 3.91. The Morgan fingerprint density at radius 3 is 2.39 bits per heavy atom. The van der Waals surface area contributed by atoms with Crippen LogP contribution in [0.15, 0.2) is 42.5 Å². The summed E-state index contributed by atoms with van der Waals surface area (Å²) in [7, 11) is 3.08. The van der Waals surface area contributed by atoms with E-state index in [9.17, 15) is 9.59 Å². The predicted octanol–water partition coefficient (Wildman–Crippen LogP) is 2.50. The quantitative estimate of drug-likeness (QED) is 0.631. The number of carbonyl (C=O) groups excluding carboxylic acids is 2. The standard InChI is InChI=1S/C21H25NO6/c1-4-27-17-10-8-15(9-11-17)12-20(24)28-14-19(23)22-13-16-6-5-7-18(25-2)21(16)26-3/h5-11H,4,12-14H2,1-3H3,(H,22,23). The van der Waals surface area contributed by atoms with Crippen molar-refractivity contribution < 1.29 is 28.5 Å². The lowest BCUT2D eigenvalue weighted by Gasteiger charge is -2.13. The van der Waals surface area contributed by atoms with Crippen molar-refractivity contribution in [2.24, 2.45) is 0 Å². The number of amides is 1. The van der Waals surface area contributed by atoms with Crippen molar-refractivity contribution in [2.45, 2.75) is 19.9 Å². The van der Waals surface area contributed by atoms with E-state index >= 15 is 0 Å². The van der Waals surface area contributed by atoms with E-state index in [4.69, 9.17) is 18.9 Å². The minimum absolute atomic E-state index is 0.0867. The molecule has 1 amide bonds. The van der Waals surface area contributed by atoms with Crippen molar-refractivity contribution in [1.82, 2.24) is 5.32 Å². The van der Waals surface area contributed by atoms with Crippen LogP contribution in [-0.4, -0.2) is 39.3 Å². The van der Waals surface area contributed by atoms with Gasteiger partial charge < -0.3 is 24.3 Å². The molecule has 0 saturated heterocycles. The Morgan fingerprint density at radius 2 is 1.75 bits per heavy atom. The van der Waals surface area contributed by atoms with Crippen molar-refractivity contribution in [2.75, 3.05) is 27.4 Å². The SMILES string of the molecule is CCOc1ccc(CC(=O)OCC(=O)NCc2cccc(OC)c2OC)cc1. The van der Waals surface area contributed by atoms with Crippen LogP contribution in [0.1, 0.15) is 18.1 Å². The first-order valence-corrected chi connectivity index (χ1v) is 8.91. The molecule has 0 saturated carbocycles. The van der Waals surface area contributed by atoms with Gasteiger partial charge in [-0.2, -0.15) is 0 Å². The lowest BCUT2D eigenvalue weighted by molar-refractivity contribution is -0.147. The molecule has 2 rings (SSSR count). The maximum atomic E-state index is 12.0. The Balaban J connectivity index is 1.78. The molecular formula is C21H25NO6. The van der Waals surface area contributed by atoms with E-state index in [1.165, 1.54) is 7.11 Å². The van der Waals surface area contributed by atoms with E-state index in [0.717, 1.165) is 16.9 Å². The summed E-state index contributed by atoms with van der Waals surface area (Å²) in [6.07, 6.45) is 0.0867. The Bertz CT molecular complexity index is 788. The van der Waals surface area contributed by atoms with Gasteiger partial charge in [-0.15, -0.1) is 0 Å². The summed E-state index contributed by atoms with van der Waals surface area (Å²) in [5.74, 6) is 1.00. The van der Waals surface area contributed by atoms with Crippen LogP contribution >= 0.6 is 0 Å². The van der Waals surface area contributed by atoms with Crippen molar-refractivity contribution in [1.29, 1.82) is 0 Å². The van der Waals surface area contributed by atoms with E-state index in [2.05, 4.69) is 5.32 Å². The van der Waals surface area contributed by atoms with Crippen molar-refractivity contribution in [3.63, 3.8) is 0 Å². The molecule has 7 nitrogen and oxygen atoms in total. The molecule has 0 atom stereocenters.